The average Bonchev–Trinajstić information content (AvgIpc) is 2.39. The minimum atomic E-state index is -0.526. The van der Waals surface area contributed by atoms with E-state index >= 15 is 0 Å². The van der Waals surface area contributed by atoms with E-state index in [9.17, 15) is 4.79 Å². The maximum absolute atomic E-state index is 11.7. The Hall–Kier alpha value is -1.06. The van der Waals surface area contributed by atoms with Crippen LogP contribution in [0.4, 0.5) is 5.69 Å². The molecule has 1 unspecified atom stereocenters. The van der Waals surface area contributed by atoms with Crippen molar-refractivity contribution in [3.63, 3.8) is 0 Å². The van der Waals surface area contributed by atoms with Gasteiger partial charge in [-0.15, -0.1) is 0 Å². The number of likely N-dealkylation sites (N-methyl/N-ethyl adjacent to an activating group) is 1. The molecule has 14 heavy (non-hydrogen) atoms. The van der Waals surface area contributed by atoms with E-state index < -0.39 is 6.04 Å². The first-order valence-corrected chi connectivity index (χ1v) is 4.89. The molecule has 0 aliphatic carbocycles. The molecule has 74 valence electrons. The van der Waals surface area contributed by atoms with Gasteiger partial charge in [-0.25, -0.2) is 0 Å². The molecular weight excluding hydrogens is 200 g/mol. The lowest BCUT2D eigenvalue weighted by Crippen LogP contribution is -2.31. The highest BCUT2D eigenvalue weighted by Crippen LogP contribution is 2.35. The van der Waals surface area contributed by atoms with Crippen molar-refractivity contribution in [3.8, 4) is 0 Å². The van der Waals surface area contributed by atoms with Gasteiger partial charge < -0.3 is 10.6 Å². The lowest BCUT2D eigenvalue weighted by Gasteiger charge is -2.14. The molecule has 1 aromatic rings. The fraction of sp³-hybridized carbons (Fsp3) is 0.300. The predicted octanol–water partition coefficient (Wildman–Crippen LogP) is 1.71. The number of amides is 1. The van der Waals surface area contributed by atoms with Crippen molar-refractivity contribution in [1.82, 2.24) is 0 Å². The van der Waals surface area contributed by atoms with Crippen LogP contribution in [0.3, 0.4) is 0 Å². The fourth-order valence-corrected chi connectivity index (χ4v) is 1.93. The third-order valence-electron chi connectivity index (χ3n) is 2.47. The molecule has 0 saturated carbocycles. The van der Waals surface area contributed by atoms with Crippen LogP contribution in [0, 0.1) is 0 Å². The number of fused-ring (bicyclic) bond motifs is 1. The van der Waals surface area contributed by atoms with Crippen LogP contribution in [0.5, 0.6) is 0 Å². The summed E-state index contributed by atoms with van der Waals surface area (Å²) in [6.45, 7) is 2.54. The summed E-state index contributed by atoms with van der Waals surface area (Å²) in [5.41, 5.74) is 7.48. The van der Waals surface area contributed by atoms with Gasteiger partial charge in [-0.05, 0) is 19.1 Å². The van der Waals surface area contributed by atoms with E-state index in [2.05, 4.69) is 0 Å². The molecule has 0 fully saturated rings. The molecule has 1 aliphatic heterocycles. The zero-order valence-electron chi connectivity index (χ0n) is 7.83. The highest BCUT2D eigenvalue weighted by atomic mass is 35.5. The Morgan fingerprint density at radius 2 is 2.29 bits per heavy atom. The molecule has 0 bridgehead atoms. The van der Waals surface area contributed by atoms with Gasteiger partial charge in [0.05, 0.1) is 5.69 Å². The van der Waals surface area contributed by atoms with E-state index in [1.54, 1.807) is 17.0 Å². The molecule has 0 spiro atoms. The van der Waals surface area contributed by atoms with Gasteiger partial charge >= 0.3 is 0 Å². The van der Waals surface area contributed by atoms with Gasteiger partial charge in [0.2, 0.25) is 5.91 Å². The van der Waals surface area contributed by atoms with Gasteiger partial charge in [0.25, 0.3) is 0 Å². The number of nitrogens with zero attached hydrogens (tertiary/aromatic N) is 1. The molecule has 0 aromatic heterocycles. The maximum atomic E-state index is 11.7. The standard InChI is InChI=1S/C10H11ClN2O/c1-2-13-8-5-6(11)3-4-7(8)9(12)10(13)14/h3-5,9H,2,12H2,1H3. The van der Waals surface area contributed by atoms with Crippen LogP contribution in [-0.2, 0) is 4.79 Å². The van der Waals surface area contributed by atoms with Crippen molar-refractivity contribution in [2.75, 3.05) is 11.4 Å². The van der Waals surface area contributed by atoms with Gasteiger partial charge in [0.1, 0.15) is 6.04 Å². The molecule has 0 radical (unpaired) electrons. The van der Waals surface area contributed by atoms with Crippen molar-refractivity contribution in [3.05, 3.63) is 28.8 Å². The maximum Gasteiger partial charge on any atom is 0.248 e. The van der Waals surface area contributed by atoms with Crippen molar-refractivity contribution < 1.29 is 4.79 Å². The zero-order chi connectivity index (χ0) is 10.3. The molecule has 2 rings (SSSR count). The number of hydrogen-bond acceptors (Lipinski definition) is 2. The fourth-order valence-electron chi connectivity index (χ4n) is 1.76. The van der Waals surface area contributed by atoms with Gasteiger partial charge in [0, 0.05) is 17.1 Å². The van der Waals surface area contributed by atoms with Crippen molar-refractivity contribution >= 4 is 23.2 Å². The monoisotopic (exact) mass is 210 g/mol. The topological polar surface area (TPSA) is 46.3 Å². The Balaban J connectivity index is 2.56. The predicted molar refractivity (Wildman–Crippen MR) is 56.4 cm³/mol. The van der Waals surface area contributed by atoms with Gasteiger partial charge in [-0.3, -0.25) is 4.79 Å². The number of benzene rings is 1. The van der Waals surface area contributed by atoms with Gasteiger partial charge in [0.15, 0.2) is 0 Å². The van der Waals surface area contributed by atoms with Gasteiger partial charge in [-0.1, -0.05) is 17.7 Å². The minimum Gasteiger partial charge on any atom is -0.316 e. The van der Waals surface area contributed by atoms with Crippen molar-refractivity contribution in [2.24, 2.45) is 5.73 Å². The number of halogens is 1. The first-order valence-electron chi connectivity index (χ1n) is 4.51. The number of anilines is 1. The molecule has 0 saturated heterocycles. The molecule has 3 nitrogen and oxygen atoms in total. The summed E-state index contributed by atoms with van der Waals surface area (Å²) < 4.78 is 0. The highest BCUT2D eigenvalue weighted by Gasteiger charge is 2.33. The van der Waals surface area contributed by atoms with Crippen LogP contribution in [0.1, 0.15) is 18.5 Å². The van der Waals surface area contributed by atoms with E-state index in [1.807, 2.05) is 13.0 Å². The van der Waals surface area contributed by atoms with Crippen LogP contribution in [0.15, 0.2) is 18.2 Å². The first kappa shape index (κ1) is 9.49. The normalized spacial score (nSPS) is 20.1. The van der Waals surface area contributed by atoms with Crippen LogP contribution >= 0.6 is 11.6 Å². The first-order chi connectivity index (χ1) is 6.65. The van der Waals surface area contributed by atoms with Crippen LogP contribution in [-0.4, -0.2) is 12.5 Å². The SMILES string of the molecule is CCN1C(=O)C(N)c2ccc(Cl)cc21. The Bertz CT molecular complexity index is 392. The van der Waals surface area contributed by atoms with Crippen molar-refractivity contribution in [1.29, 1.82) is 0 Å². The second-order valence-electron chi connectivity index (χ2n) is 3.26. The van der Waals surface area contributed by atoms with Crippen molar-refractivity contribution in [2.45, 2.75) is 13.0 Å². The lowest BCUT2D eigenvalue weighted by molar-refractivity contribution is -0.119. The highest BCUT2D eigenvalue weighted by molar-refractivity contribution is 6.31. The number of nitrogens with two attached hydrogens (primary N) is 1. The van der Waals surface area contributed by atoms with Crippen LogP contribution in [0.25, 0.3) is 0 Å². The molecule has 4 heteroatoms. The van der Waals surface area contributed by atoms with Gasteiger partial charge in [-0.2, -0.15) is 0 Å². The Kier molecular flexibility index (Phi) is 2.21. The van der Waals surface area contributed by atoms with E-state index in [-0.39, 0.29) is 5.91 Å². The average molecular weight is 211 g/mol. The number of carbonyl (C=O) groups excluding carboxylic acids is 1. The smallest absolute Gasteiger partial charge is 0.248 e. The van der Waals surface area contributed by atoms with E-state index in [0.29, 0.717) is 11.6 Å². The molecule has 2 N–H and O–H groups in total. The third-order valence-corrected chi connectivity index (χ3v) is 2.70. The summed E-state index contributed by atoms with van der Waals surface area (Å²) in [6.07, 6.45) is 0. The quantitative estimate of drug-likeness (QED) is 0.767. The molecule has 1 atom stereocenters. The molecule has 1 aromatic carbocycles. The Morgan fingerprint density at radius 1 is 1.57 bits per heavy atom. The second kappa shape index (κ2) is 3.26. The Morgan fingerprint density at radius 3 is 2.93 bits per heavy atom. The minimum absolute atomic E-state index is 0.0511. The summed E-state index contributed by atoms with van der Waals surface area (Å²) >= 11 is 5.86. The summed E-state index contributed by atoms with van der Waals surface area (Å²) in [4.78, 5) is 13.3. The molecule has 1 aliphatic rings. The van der Waals surface area contributed by atoms with E-state index in [4.69, 9.17) is 17.3 Å². The van der Waals surface area contributed by atoms with E-state index in [1.165, 1.54) is 0 Å². The molecule has 1 amide bonds. The largest absolute Gasteiger partial charge is 0.316 e. The summed E-state index contributed by atoms with van der Waals surface area (Å²) in [6, 6.07) is 4.83. The lowest BCUT2D eigenvalue weighted by atomic mass is 10.1. The number of rotatable bonds is 1. The number of hydrogen-bond donors (Lipinski definition) is 1. The summed E-state index contributed by atoms with van der Waals surface area (Å²) in [7, 11) is 0. The summed E-state index contributed by atoms with van der Waals surface area (Å²) in [5.74, 6) is -0.0511. The number of carbonyl (C=O) groups is 1. The third kappa shape index (κ3) is 1.21. The molecule has 1 heterocycles. The van der Waals surface area contributed by atoms with Crippen LogP contribution in [0.2, 0.25) is 5.02 Å². The molecular formula is C10H11ClN2O. The second-order valence-corrected chi connectivity index (χ2v) is 3.70. The summed E-state index contributed by atoms with van der Waals surface area (Å²) in [5, 5.41) is 0.629. The Labute approximate surface area is 87.4 Å². The van der Waals surface area contributed by atoms with E-state index in [0.717, 1.165) is 11.3 Å². The van der Waals surface area contributed by atoms with Crippen LogP contribution < -0.4 is 10.6 Å². The zero-order valence-corrected chi connectivity index (χ0v) is 8.58.